The first-order chi connectivity index (χ1) is 11.3. The van der Waals surface area contributed by atoms with Crippen molar-refractivity contribution >= 4 is 5.69 Å². The zero-order valence-corrected chi connectivity index (χ0v) is 13.8. The van der Waals surface area contributed by atoms with Crippen LogP contribution in [0.25, 0.3) is 0 Å². The van der Waals surface area contributed by atoms with Gasteiger partial charge in [0, 0.05) is 39.0 Å². The van der Waals surface area contributed by atoms with Crippen LogP contribution in [-0.2, 0) is 13.0 Å². The number of aliphatic hydroxyl groups excluding tert-OH is 1. The number of likely N-dealkylation sites (N-methyl/N-ethyl adjacent to an activating group) is 1. The first-order valence-corrected chi connectivity index (χ1v) is 8.47. The van der Waals surface area contributed by atoms with E-state index in [1.54, 1.807) is 0 Å². The highest BCUT2D eigenvalue weighted by molar-refractivity contribution is 5.58. The van der Waals surface area contributed by atoms with Gasteiger partial charge in [-0.25, -0.2) is 0 Å². The van der Waals surface area contributed by atoms with Gasteiger partial charge in [-0.1, -0.05) is 42.5 Å². The Morgan fingerprint density at radius 2 is 2.00 bits per heavy atom. The highest BCUT2D eigenvalue weighted by atomic mass is 16.3. The Kier molecular flexibility index (Phi) is 5.31. The summed E-state index contributed by atoms with van der Waals surface area (Å²) in [5.41, 5.74) is 5.47. The molecular formula is C20H26N2O. The first kappa shape index (κ1) is 16.0. The third-order valence-corrected chi connectivity index (χ3v) is 4.74. The van der Waals surface area contributed by atoms with Crippen LogP contribution in [-0.4, -0.2) is 31.9 Å². The second-order valence-electron chi connectivity index (χ2n) is 6.39. The predicted molar refractivity (Wildman–Crippen MR) is 96.0 cm³/mol. The third-order valence-electron chi connectivity index (χ3n) is 4.74. The summed E-state index contributed by atoms with van der Waals surface area (Å²) in [5, 5.41) is 12.9. The van der Waals surface area contributed by atoms with Crippen LogP contribution in [0.5, 0.6) is 0 Å². The Morgan fingerprint density at radius 1 is 1.17 bits per heavy atom. The predicted octanol–water partition coefficient (Wildman–Crippen LogP) is 2.93. The molecule has 23 heavy (non-hydrogen) atoms. The van der Waals surface area contributed by atoms with Gasteiger partial charge in [-0.2, -0.15) is 0 Å². The Balaban J connectivity index is 1.57. The Morgan fingerprint density at radius 3 is 2.78 bits per heavy atom. The highest BCUT2D eigenvalue weighted by Gasteiger charge is 2.15. The van der Waals surface area contributed by atoms with Crippen molar-refractivity contribution in [3.63, 3.8) is 0 Å². The second kappa shape index (κ2) is 7.62. The zero-order chi connectivity index (χ0) is 16.1. The minimum Gasteiger partial charge on any atom is -0.396 e. The number of aliphatic hydroxyl groups is 1. The normalized spacial score (nSPS) is 14.8. The van der Waals surface area contributed by atoms with E-state index in [9.17, 15) is 5.11 Å². The molecule has 1 atom stereocenters. The molecule has 0 radical (unpaired) electrons. The van der Waals surface area contributed by atoms with Crippen LogP contribution >= 0.6 is 0 Å². The van der Waals surface area contributed by atoms with Crippen LogP contribution in [0.2, 0.25) is 0 Å². The molecule has 0 amide bonds. The fourth-order valence-electron chi connectivity index (χ4n) is 3.39. The van der Waals surface area contributed by atoms with Crippen LogP contribution in [0.4, 0.5) is 5.69 Å². The summed E-state index contributed by atoms with van der Waals surface area (Å²) in [6.45, 7) is 3.12. The van der Waals surface area contributed by atoms with Crippen molar-refractivity contribution in [1.29, 1.82) is 0 Å². The molecule has 2 aromatic rings. The van der Waals surface area contributed by atoms with Crippen molar-refractivity contribution in [1.82, 2.24) is 5.32 Å². The van der Waals surface area contributed by atoms with Gasteiger partial charge in [0.1, 0.15) is 0 Å². The number of fused-ring (bicyclic) bond motifs is 1. The van der Waals surface area contributed by atoms with Crippen LogP contribution in [0.15, 0.2) is 48.5 Å². The maximum atomic E-state index is 9.31. The molecule has 0 fully saturated rings. The summed E-state index contributed by atoms with van der Waals surface area (Å²) in [7, 11) is 2.16. The third kappa shape index (κ3) is 3.92. The van der Waals surface area contributed by atoms with Gasteiger partial charge in [0.25, 0.3) is 0 Å². The summed E-state index contributed by atoms with van der Waals surface area (Å²) in [6, 6.07) is 17.2. The van der Waals surface area contributed by atoms with E-state index in [-0.39, 0.29) is 6.61 Å². The van der Waals surface area contributed by atoms with Gasteiger partial charge in [-0.3, -0.25) is 0 Å². The van der Waals surface area contributed by atoms with E-state index in [1.807, 2.05) is 6.07 Å². The van der Waals surface area contributed by atoms with Crippen molar-refractivity contribution < 1.29 is 5.11 Å². The molecule has 2 N–H and O–H groups in total. The zero-order valence-electron chi connectivity index (χ0n) is 13.8. The van der Waals surface area contributed by atoms with E-state index in [1.165, 1.54) is 22.4 Å². The largest absolute Gasteiger partial charge is 0.396 e. The summed E-state index contributed by atoms with van der Waals surface area (Å²) in [5.74, 6) is 0.363. The number of hydrogen-bond acceptors (Lipinski definition) is 3. The lowest BCUT2D eigenvalue weighted by molar-refractivity contribution is 0.273. The Labute approximate surface area is 139 Å². The van der Waals surface area contributed by atoms with Crippen molar-refractivity contribution in [3.05, 3.63) is 65.2 Å². The summed E-state index contributed by atoms with van der Waals surface area (Å²) >= 11 is 0. The molecule has 0 spiro atoms. The molecule has 1 heterocycles. The van der Waals surface area contributed by atoms with Crippen LogP contribution in [0, 0.1) is 0 Å². The number of rotatable bonds is 7. The quantitative estimate of drug-likeness (QED) is 0.825. The molecule has 1 aliphatic heterocycles. The molecule has 0 bridgehead atoms. The number of nitrogens with zero attached hydrogens (tertiary/aromatic N) is 1. The summed E-state index contributed by atoms with van der Waals surface area (Å²) in [6.07, 6.45) is 1.95. The number of anilines is 1. The molecular weight excluding hydrogens is 284 g/mol. The Bertz CT molecular complexity index is 627. The lowest BCUT2D eigenvalue weighted by Gasteiger charge is -2.17. The number of nitrogens with one attached hydrogen (secondary N) is 1. The lowest BCUT2D eigenvalue weighted by Crippen LogP contribution is -2.22. The SMILES string of the molecule is CN1CCc2cc(CNCC(CCO)c3ccccc3)ccc21. The van der Waals surface area contributed by atoms with Gasteiger partial charge >= 0.3 is 0 Å². The maximum Gasteiger partial charge on any atom is 0.0437 e. The van der Waals surface area contributed by atoms with Crippen molar-refractivity contribution in [2.75, 3.05) is 31.6 Å². The molecule has 0 saturated carbocycles. The summed E-state index contributed by atoms with van der Waals surface area (Å²) in [4.78, 5) is 2.32. The van der Waals surface area contributed by atoms with E-state index < -0.39 is 0 Å². The fraction of sp³-hybridized carbons (Fsp3) is 0.400. The van der Waals surface area contributed by atoms with Gasteiger partial charge < -0.3 is 15.3 Å². The lowest BCUT2D eigenvalue weighted by atomic mass is 9.96. The molecule has 122 valence electrons. The van der Waals surface area contributed by atoms with Gasteiger partial charge in [0.2, 0.25) is 0 Å². The molecule has 1 unspecified atom stereocenters. The van der Waals surface area contributed by atoms with Crippen molar-refractivity contribution in [2.45, 2.75) is 25.3 Å². The molecule has 3 nitrogen and oxygen atoms in total. The standard InChI is InChI=1S/C20H26N2O/c1-22-11-9-18-13-16(7-8-20(18)22)14-21-15-19(10-12-23)17-5-3-2-4-6-17/h2-8,13,19,21,23H,9-12,14-15H2,1H3. The number of benzene rings is 2. The van der Waals surface area contributed by atoms with E-state index >= 15 is 0 Å². The van der Waals surface area contributed by atoms with Crippen molar-refractivity contribution in [2.24, 2.45) is 0 Å². The van der Waals surface area contributed by atoms with Gasteiger partial charge in [0.05, 0.1) is 0 Å². The fourth-order valence-corrected chi connectivity index (χ4v) is 3.39. The second-order valence-corrected chi connectivity index (χ2v) is 6.39. The molecule has 0 aromatic heterocycles. The van der Waals surface area contributed by atoms with Crippen LogP contribution in [0.1, 0.15) is 29.0 Å². The average Bonchev–Trinajstić information content (AvgIpc) is 2.95. The molecule has 2 aromatic carbocycles. The smallest absolute Gasteiger partial charge is 0.0437 e. The van der Waals surface area contributed by atoms with E-state index in [0.717, 1.165) is 32.5 Å². The van der Waals surface area contributed by atoms with Gasteiger partial charge in [0.15, 0.2) is 0 Å². The Hall–Kier alpha value is -1.84. The first-order valence-electron chi connectivity index (χ1n) is 8.47. The van der Waals surface area contributed by atoms with E-state index in [0.29, 0.717) is 5.92 Å². The average molecular weight is 310 g/mol. The summed E-state index contributed by atoms with van der Waals surface area (Å²) < 4.78 is 0. The minimum absolute atomic E-state index is 0.229. The van der Waals surface area contributed by atoms with Crippen molar-refractivity contribution in [3.8, 4) is 0 Å². The van der Waals surface area contributed by atoms with Gasteiger partial charge in [-0.15, -0.1) is 0 Å². The topological polar surface area (TPSA) is 35.5 Å². The highest BCUT2D eigenvalue weighted by Crippen LogP contribution is 2.27. The van der Waals surface area contributed by atoms with Crippen LogP contribution in [0.3, 0.4) is 0 Å². The molecule has 1 aliphatic rings. The number of hydrogen-bond donors (Lipinski definition) is 2. The van der Waals surface area contributed by atoms with E-state index in [4.69, 9.17) is 0 Å². The monoisotopic (exact) mass is 310 g/mol. The van der Waals surface area contributed by atoms with E-state index in [2.05, 4.69) is 59.7 Å². The minimum atomic E-state index is 0.229. The molecule has 3 rings (SSSR count). The maximum absolute atomic E-state index is 9.31. The van der Waals surface area contributed by atoms with Crippen LogP contribution < -0.4 is 10.2 Å². The molecule has 0 saturated heterocycles. The molecule has 3 heteroatoms. The van der Waals surface area contributed by atoms with Gasteiger partial charge in [-0.05, 0) is 41.5 Å². The molecule has 0 aliphatic carbocycles.